The van der Waals surface area contributed by atoms with E-state index in [0.717, 1.165) is 21.5 Å². The summed E-state index contributed by atoms with van der Waals surface area (Å²) in [6.07, 6.45) is 3.51. The highest BCUT2D eigenvalue weighted by atomic mass is 35.5. The largest absolute Gasteiger partial charge is 0.335 e. The zero-order valence-electron chi connectivity index (χ0n) is 19.2. The summed E-state index contributed by atoms with van der Waals surface area (Å²) >= 11 is 5.72. The Balaban J connectivity index is 0.000000196. The van der Waals surface area contributed by atoms with Crippen LogP contribution in [0, 0.1) is 20.8 Å². The number of halogens is 1. The Morgan fingerprint density at radius 2 is 1.68 bits per heavy atom. The van der Waals surface area contributed by atoms with Crippen molar-refractivity contribution in [3.8, 4) is 11.3 Å². The standard InChI is InChI=1S/C14H16ClN3O.C10H10N4O/c1-11-5-3-6-12(2)14(11)18(13(19)9-15)10-17-8-4-7-16-17;1-7-12-13-9(10(15)14(7)11)8-5-3-2-4-6-8/h3-8H,9-10H2,1-2H3;2-6H,11H2,1H3. The molecule has 2 aromatic heterocycles. The smallest absolute Gasteiger partial charge is 0.298 e. The fourth-order valence-electron chi connectivity index (χ4n) is 3.36. The van der Waals surface area contributed by atoms with Gasteiger partial charge in [0, 0.05) is 18.0 Å². The first-order chi connectivity index (χ1) is 16.3. The van der Waals surface area contributed by atoms with Crippen molar-refractivity contribution in [2.75, 3.05) is 16.6 Å². The van der Waals surface area contributed by atoms with Gasteiger partial charge in [-0.05, 0) is 38.0 Å². The van der Waals surface area contributed by atoms with Gasteiger partial charge in [-0.25, -0.2) is 4.68 Å². The molecule has 0 spiro atoms. The number of rotatable bonds is 5. The number of anilines is 1. The molecular weight excluding hydrogens is 454 g/mol. The van der Waals surface area contributed by atoms with Crippen LogP contribution in [0.4, 0.5) is 5.69 Å². The molecule has 1 amide bonds. The maximum Gasteiger partial charge on any atom is 0.298 e. The molecule has 4 aromatic rings. The van der Waals surface area contributed by atoms with E-state index >= 15 is 0 Å². The summed E-state index contributed by atoms with van der Waals surface area (Å²) in [7, 11) is 0. The molecule has 34 heavy (non-hydrogen) atoms. The molecule has 0 atom stereocenters. The molecular formula is C24H26ClN7O2. The van der Waals surface area contributed by atoms with E-state index in [4.69, 9.17) is 17.4 Å². The highest BCUT2D eigenvalue weighted by Crippen LogP contribution is 2.25. The van der Waals surface area contributed by atoms with Crippen LogP contribution in [-0.4, -0.2) is 36.4 Å². The van der Waals surface area contributed by atoms with E-state index in [-0.39, 0.29) is 23.0 Å². The molecule has 2 aromatic carbocycles. The number of nitrogen functional groups attached to an aromatic ring is 1. The van der Waals surface area contributed by atoms with Gasteiger partial charge in [0.15, 0.2) is 11.5 Å². The van der Waals surface area contributed by atoms with E-state index in [1.807, 2.05) is 62.5 Å². The number of alkyl halides is 1. The number of hydrogen-bond donors (Lipinski definition) is 1. The lowest BCUT2D eigenvalue weighted by Gasteiger charge is -2.25. The number of amides is 1. The molecule has 0 saturated carbocycles. The van der Waals surface area contributed by atoms with Crippen molar-refractivity contribution in [1.29, 1.82) is 0 Å². The predicted molar refractivity (Wildman–Crippen MR) is 133 cm³/mol. The Hall–Kier alpha value is -3.98. The minimum atomic E-state index is -0.339. The van der Waals surface area contributed by atoms with Crippen LogP contribution in [0.15, 0.2) is 71.8 Å². The highest BCUT2D eigenvalue weighted by molar-refractivity contribution is 6.29. The Labute approximate surface area is 202 Å². The summed E-state index contributed by atoms with van der Waals surface area (Å²) in [6.45, 7) is 5.97. The summed E-state index contributed by atoms with van der Waals surface area (Å²) in [5, 5.41) is 11.8. The number of aromatic nitrogens is 5. The second-order valence-electron chi connectivity index (χ2n) is 7.52. The van der Waals surface area contributed by atoms with Crippen LogP contribution in [0.25, 0.3) is 11.3 Å². The van der Waals surface area contributed by atoms with Gasteiger partial charge in [-0.2, -0.15) is 5.10 Å². The van der Waals surface area contributed by atoms with Crippen molar-refractivity contribution in [2.24, 2.45) is 0 Å². The molecule has 4 rings (SSSR count). The predicted octanol–water partition coefficient (Wildman–Crippen LogP) is 3.06. The Bertz CT molecular complexity index is 1280. The molecule has 0 fully saturated rings. The Morgan fingerprint density at radius 3 is 2.26 bits per heavy atom. The molecule has 0 bridgehead atoms. The van der Waals surface area contributed by atoms with Gasteiger partial charge in [0.1, 0.15) is 12.5 Å². The molecule has 0 aliphatic rings. The zero-order valence-corrected chi connectivity index (χ0v) is 20.0. The van der Waals surface area contributed by atoms with Crippen LogP contribution in [0.2, 0.25) is 0 Å². The maximum absolute atomic E-state index is 12.1. The van der Waals surface area contributed by atoms with Crippen molar-refractivity contribution in [3.05, 3.63) is 94.3 Å². The van der Waals surface area contributed by atoms with Gasteiger partial charge in [0.05, 0.1) is 5.69 Å². The van der Waals surface area contributed by atoms with E-state index in [2.05, 4.69) is 15.3 Å². The molecule has 0 saturated heterocycles. The third-order valence-electron chi connectivity index (χ3n) is 5.08. The van der Waals surface area contributed by atoms with Gasteiger partial charge in [-0.3, -0.25) is 19.2 Å². The third kappa shape index (κ3) is 5.68. The summed E-state index contributed by atoms with van der Waals surface area (Å²) in [5.41, 5.74) is 3.64. The van der Waals surface area contributed by atoms with Crippen molar-refractivity contribution in [3.63, 3.8) is 0 Å². The minimum Gasteiger partial charge on any atom is -0.335 e. The number of aryl methyl sites for hydroxylation is 3. The third-order valence-corrected chi connectivity index (χ3v) is 5.31. The summed E-state index contributed by atoms with van der Waals surface area (Å²) in [4.78, 5) is 25.5. The van der Waals surface area contributed by atoms with E-state index in [0.29, 0.717) is 18.1 Å². The van der Waals surface area contributed by atoms with E-state index in [1.165, 1.54) is 0 Å². The number of hydrogen-bond acceptors (Lipinski definition) is 6. The fraction of sp³-hybridized carbons (Fsp3) is 0.208. The highest BCUT2D eigenvalue weighted by Gasteiger charge is 2.19. The monoisotopic (exact) mass is 479 g/mol. The molecule has 0 aliphatic heterocycles. The quantitative estimate of drug-likeness (QED) is 0.348. The summed E-state index contributed by atoms with van der Waals surface area (Å²) in [6, 6.07) is 16.9. The van der Waals surface area contributed by atoms with Crippen molar-refractivity contribution in [2.45, 2.75) is 27.4 Å². The second-order valence-corrected chi connectivity index (χ2v) is 7.79. The average Bonchev–Trinajstić information content (AvgIpc) is 3.36. The van der Waals surface area contributed by atoms with Gasteiger partial charge in [-0.15, -0.1) is 21.8 Å². The number of carbonyl (C=O) groups is 1. The zero-order chi connectivity index (χ0) is 24.7. The van der Waals surface area contributed by atoms with Gasteiger partial charge >= 0.3 is 0 Å². The van der Waals surface area contributed by atoms with Gasteiger partial charge in [0.25, 0.3) is 5.56 Å². The molecule has 0 unspecified atom stereocenters. The van der Waals surface area contributed by atoms with Gasteiger partial charge < -0.3 is 5.84 Å². The fourth-order valence-corrected chi connectivity index (χ4v) is 3.50. The number of para-hydroxylation sites is 1. The van der Waals surface area contributed by atoms with Crippen LogP contribution < -0.4 is 16.3 Å². The molecule has 10 heteroatoms. The lowest BCUT2D eigenvalue weighted by Crippen LogP contribution is -2.35. The maximum atomic E-state index is 12.1. The van der Waals surface area contributed by atoms with Gasteiger partial charge in [0.2, 0.25) is 5.91 Å². The molecule has 2 N–H and O–H groups in total. The van der Waals surface area contributed by atoms with Crippen LogP contribution in [0.1, 0.15) is 17.0 Å². The molecule has 0 radical (unpaired) electrons. The number of nitrogens with two attached hydrogens (primary N) is 1. The molecule has 176 valence electrons. The van der Waals surface area contributed by atoms with Gasteiger partial charge in [-0.1, -0.05) is 48.5 Å². The van der Waals surface area contributed by atoms with E-state index < -0.39 is 0 Å². The van der Waals surface area contributed by atoms with Crippen LogP contribution in [-0.2, 0) is 11.5 Å². The van der Waals surface area contributed by atoms with Crippen molar-refractivity contribution < 1.29 is 4.79 Å². The van der Waals surface area contributed by atoms with Crippen LogP contribution in [0.5, 0.6) is 0 Å². The molecule has 9 nitrogen and oxygen atoms in total. The lowest BCUT2D eigenvalue weighted by molar-refractivity contribution is -0.116. The first-order valence-corrected chi connectivity index (χ1v) is 11.0. The first kappa shape index (κ1) is 24.7. The lowest BCUT2D eigenvalue weighted by atomic mass is 10.1. The molecule has 0 aliphatic carbocycles. The minimum absolute atomic E-state index is 0.0466. The van der Waals surface area contributed by atoms with Crippen LogP contribution in [0.3, 0.4) is 0 Å². The Kier molecular flexibility index (Phi) is 8.15. The van der Waals surface area contributed by atoms with E-state index in [1.54, 1.807) is 34.8 Å². The topological polar surface area (TPSA) is 112 Å². The molecule has 2 heterocycles. The SMILES string of the molecule is Cc1cccc(C)c1N(Cn1cccn1)C(=O)CCl.Cc1nnc(-c2ccccc2)c(=O)n1N. The first-order valence-electron chi connectivity index (χ1n) is 10.5. The van der Waals surface area contributed by atoms with E-state index in [9.17, 15) is 9.59 Å². The normalized spacial score (nSPS) is 10.4. The number of nitrogens with zero attached hydrogens (tertiary/aromatic N) is 6. The summed E-state index contributed by atoms with van der Waals surface area (Å²) in [5.74, 6) is 5.73. The van der Waals surface area contributed by atoms with Crippen LogP contribution >= 0.6 is 11.6 Å². The Morgan fingerprint density at radius 1 is 1.00 bits per heavy atom. The average molecular weight is 480 g/mol. The van der Waals surface area contributed by atoms with Crippen molar-refractivity contribution >= 4 is 23.2 Å². The summed E-state index contributed by atoms with van der Waals surface area (Å²) < 4.78 is 2.70. The number of carbonyl (C=O) groups excluding carboxylic acids is 1. The second kappa shape index (κ2) is 11.2. The van der Waals surface area contributed by atoms with Crippen molar-refractivity contribution in [1.82, 2.24) is 24.7 Å². The number of benzene rings is 2.